The van der Waals surface area contributed by atoms with E-state index >= 15 is 0 Å². The predicted molar refractivity (Wildman–Crippen MR) is 41.7 cm³/mol. The average Bonchev–Trinajstić information content (AvgIpc) is 1.85. The molecule has 0 radical (unpaired) electrons. The topological polar surface area (TPSA) is 12.4 Å². The molecule has 0 aliphatic heterocycles. The van der Waals surface area contributed by atoms with Gasteiger partial charge in [-0.2, -0.15) is 4.39 Å². The quantitative estimate of drug-likeness (QED) is 0.481. The fraction of sp³-hybridized carbons (Fsp3) is 0.167. The molecule has 50 valence electrons. The lowest BCUT2D eigenvalue weighted by Gasteiger charge is -1.79. The molecule has 3 heteroatoms. The van der Waals surface area contributed by atoms with Crippen LogP contribution in [0.3, 0.4) is 0 Å². The van der Waals surface area contributed by atoms with Gasteiger partial charge in [-0.1, -0.05) is 28.6 Å². The lowest BCUT2D eigenvalue weighted by molar-refractivity contribution is 0.813. The third kappa shape index (κ3) is 5.43. The maximum atomic E-state index is 12.2. The van der Waals surface area contributed by atoms with Crippen molar-refractivity contribution in [3.63, 3.8) is 0 Å². The van der Waals surface area contributed by atoms with Crippen LogP contribution in [0.1, 0.15) is 0 Å². The number of halogens is 2. The first-order valence-electron chi connectivity index (χ1n) is 2.38. The van der Waals surface area contributed by atoms with Crippen molar-refractivity contribution in [2.75, 3.05) is 5.33 Å². The highest BCUT2D eigenvalue weighted by Gasteiger charge is 1.81. The molecule has 0 heterocycles. The molecule has 0 unspecified atom stereocenters. The van der Waals surface area contributed by atoms with Gasteiger partial charge < -0.3 is 0 Å². The van der Waals surface area contributed by atoms with Crippen molar-refractivity contribution in [3.05, 3.63) is 24.9 Å². The molecule has 0 aliphatic carbocycles. The van der Waals surface area contributed by atoms with Gasteiger partial charge in [-0.05, 0) is 6.08 Å². The summed E-state index contributed by atoms with van der Waals surface area (Å²) in [5, 5.41) is 0.632. The van der Waals surface area contributed by atoms with Crippen LogP contribution in [0, 0.1) is 0 Å². The van der Waals surface area contributed by atoms with Gasteiger partial charge in [0, 0.05) is 11.5 Å². The van der Waals surface area contributed by atoms with Crippen LogP contribution in [0.25, 0.3) is 0 Å². The summed E-state index contributed by atoms with van der Waals surface area (Å²) in [7, 11) is 0. The van der Waals surface area contributed by atoms with Gasteiger partial charge in [-0.3, -0.25) is 0 Å². The molecule has 0 saturated heterocycles. The normalized spacial score (nSPS) is 12.4. The van der Waals surface area contributed by atoms with Crippen molar-refractivity contribution in [1.29, 1.82) is 0 Å². The predicted octanol–water partition coefficient (Wildman–Crippen LogP) is 2.45. The van der Waals surface area contributed by atoms with E-state index in [1.807, 2.05) is 0 Å². The van der Waals surface area contributed by atoms with Gasteiger partial charge in [0.25, 0.3) is 0 Å². The zero-order chi connectivity index (χ0) is 7.11. The first kappa shape index (κ1) is 8.56. The van der Waals surface area contributed by atoms with E-state index in [-0.39, 0.29) is 0 Å². The Morgan fingerprint density at radius 3 is 2.89 bits per heavy atom. The molecule has 0 amide bonds. The minimum atomic E-state index is -0.524. The third-order valence-corrected chi connectivity index (χ3v) is 0.933. The van der Waals surface area contributed by atoms with Gasteiger partial charge in [-0.25, -0.2) is 4.99 Å². The molecule has 0 saturated carbocycles. The number of aliphatic imine (C=N–C) groups is 1. The van der Waals surface area contributed by atoms with E-state index in [0.717, 1.165) is 6.20 Å². The molecule has 0 aliphatic rings. The minimum absolute atomic E-state index is 0.524. The third-order valence-electron chi connectivity index (χ3n) is 0.559. The van der Waals surface area contributed by atoms with Crippen molar-refractivity contribution in [2.24, 2.45) is 4.99 Å². The molecule has 0 fully saturated rings. The highest BCUT2D eigenvalue weighted by atomic mass is 79.9. The minimum Gasteiger partial charge on any atom is -0.229 e. The van der Waals surface area contributed by atoms with Gasteiger partial charge >= 0.3 is 0 Å². The van der Waals surface area contributed by atoms with Gasteiger partial charge in [0.05, 0.1) is 0 Å². The van der Waals surface area contributed by atoms with Crippen molar-refractivity contribution in [1.82, 2.24) is 0 Å². The zero-order valence-corrected chi connectivity index (χ0v) is 6.44. The standard InChI is InChI=1S/C6H7BrFN/c1-2-9-6(8)4-3-5-7/h2-4H,1,5H2/b4-3-,9-6?. The fourth-order valence-electron chi connectivity index (χ4n) is 0.272. The summed E-state index contributed by atoms with van der Waals surface area (Å²) in [5.41, 5.74) is 0. The molecule has 0 atom stereocenters. The van der Waals surface area contributed by atoms with Crippen molar-refractivity contribution in [3.8, 4) is 0 Å². The molecular formula is C6H7BrFN. The number of allylic oxidation sites excluding steroid dienone is 2. The summed E-state index contributed by atoms with van der Waals surface area (Å²) in [6.45, 7) is 3.24. The Labute approximate surface area is 62.1 Å². The highest BCUT2D eigenvalue weighted by Crippen LogP contribution is 1.87. The molecule has 0 bridgehead atoms. The number of alkyl halides is 1. The van der Waals surface area contributed by atoms with Gasteiger partial charge in [-0.15, -0.1) is 0 Å². The van der Waals surface area contributed by atoms with Crippen LogP contribution in [0.4, 0.5) is 4.39 Å². The van der Waals surface area contributed by atoms with Crippen LogP contribution in [-0.2, 0) is 0 Å². The molecule has 0 spiro atoms. The number of hydrogen-bond acceptors (Lipinski definition) is 1. The summed E-state index contributed by atoms with van der Waals surface area (Å²) in [6.07, 6.45) is 4.05. The highest BCUT2D eigenvalue weighted by molar-refractivity contribution is 9.09. The fourth-order valence-corrected chi connectivity index (χ4v) is 0.459. The van der Waals surface area contributed by atoms with Crippen LogP contribution < -0.4 is 0 Å². The first-order valence-corrected chi connectivity index (χ1v) is 3.50. The molecule has 0 aromatic carbocycles. The molecule has 0 aromatic heterocycles. The molecule has 1 nitrogen and oxygen atoms in total. The second-order valence-corrected chi connectivity index (χ2v) is 1.84. The monoisotopic (exact) mass is 191 g/mol. The van der Waals surface area contributed by atoms with Crippen LogP contribution in [0.5, 0.6) is 0 Å². The maximum absolute atomic E-state index is 12.2. The Morgan fingerprint density at radius 1 is 1.78 bits per heavy atom. The Hall–Kier alpha value is -0.440. The Balaban J connectivity index is 3.74. The Bertz CT molecular complexity index is 140. The van der Waals surface area contributed by atoms with Crippen molar-refractivity contribution in [2.45, 2.75) is 0 Å². The largest absolute Gasteiger partial charge is 0.229 e. The van der Waals surface area contributed by atoms with Crippen LogP contribution in [0.2, 0.25) is 0 Å². The van der Waals surface area contributed by atoms with E-state index in [9.17, 15) is 4.39 Å². The summed E-state index contributed by atoms with van der Waals surface area (Å²) in [4.78, 5) is 3.27. The average molecular weight is 192 g/mol. The lowest BCUT2D eigenvalue weighted by atomic mass is 10.5. The smallest absolute Gasteiger partial charge is 0.212 e. The van der Waals surface area contributed by atoms with Crippen molar-refractivity contribution >= 4 is 21.9 Å². The Morgan fingerprint density at radius 2 is 2.44 bits per heavy atom. The van der Waals surface area contributed by atoms with Crippen LogP contribution >= 0.6 is 15.9 Å². The van der Waals surface area contributed by atoms with E-state index < -0.39 is 5.97 Å². The van der Waals surface area contributed by atoms with E-state index in [1.165, 1.54) is 6.08 Å². The second kappa shape index (κ2) is 5.69. The van der Waals surface area contributed by atoms with Gasteiger partial charge in [0.1, 0.15) is 0 Å². The molecule has 0 rings (SSSR count). The van der Waals surface area contributed by atoms with Crippen LogP contribution in [-0.4, -0.2) is 11.3 Å². The number of nitrogens with zero attached hydrogens (tertiary/aromatic N) is 1. The van der Waals surface area contributed by atoms with E-state index in [2.05, 4.69) is 27.5 Å². The number of rotatable bonds is 3. The second-order valence-electron chi connectivity index (χ2n) is 1.19. The van der Waals surface area contributed by atoms with E-state index in [4.69, 9.17) is 0 Å². The van der Waals surface area contributed by atoms with Crippen LogP contribution in [0.15, 0.2) is 29.9 Å². The molecule has 0 aromatic rings. The zero-order valence-electron chi connectivity index (χ0n) is 4.85. The molecule has 9 heavy (non-hydrogen) atoms. The van der Waals surface area contributed by atoms with Crippen molar-refractivity contribution < 1.29 is 4.39 Å². The first-order chi connectivity index (χ1) is 4.31. The van der Waals surface area contributed by atoms with E-state index in [1.54, 1.807) is 6.08 Å². The SMILES string of the molecule is C=CN=C(F)/C=C\CBr. The summed E-state index contributed by atoms with van der Waals surface area (Å²) in [5.74, 6) is -0.524. The summed E-state index contributed by atoms with van der Waals surface area (Å²) < 4.78 is 12.2. The van der Waals surface area contributed by atoms with E-state index in [0.29, 0.717) is 5.33 Å². The lowest BCUT2D eigenvalue weighted by Crippen LogP contribution is -1.78. The van der Waals surface area contributed by atoms with Gasteiger partial charge in [0.2, 0.25) is 5.97 Å². The van der Waals surface area contributed by atoms with Gasteiger partial charge in [0.15, 0.2) is 0 Å². The number of hydrogen-bond donors (Lipinski definition) is 0. The maximum Gasteiger partial charge on any atom is 0.212 e. The molecule has 0 N–H and O–H groups in total. The molecular weight excluding hydrogens is 185 g/mol. The summed E-state index contributed by atoms with van der Waals surface area (Å²) >= 11 is 3.09. The summed E-state index contributed by atoms with van der Waals surface area (Å²) in [6, 6.07) is 0. The Kier molecular flexibility index (Phi) is 5.41.